The highest BCUT2D eigenvalue weighted by atomic mass is 16.2. The van der Waals surface area contributed by atoms with E-state index in [0.29, 0.717) is 18.7 Å². The van der Waals surface area contributed by atoms with Gasteiger partial charge >= 0.3 is 0 Å². The molecule has 1 aliphatic rings. The smallest absolute Gasteiger partial charge is 0.292 e. The van der Waals surface area contributed by atoms with Crippen molar-refractivity contribution in [2.24, 2.45) is 0 Å². The molecule has 0 aromatic heterocycles. The van der Waals surface area contributed by atoms with E-state index in [0.717, 1.165) is 18.8 Å². The number of carbonyl (C=O) groups excluding carboxylic acids is 3. The normalized spacial score (nSPS) is 14.0. The molecule has 0 saturated carbocycles. The van der Waals surface area contributed by atoms with Crippen molar-refractivity contribution in [2.45, 2.75) is 6.92 Å². The highest BCUT2D eigenvalue weighted by Crippen LogP contribution is 2.17. The highest BCUT2D eigenvalue weighted by Gasteiger charge is 2.23. The summed E-state index contributed by atoms with van der Waals surface area (Å²) in [5.74, 6) is -1.56. The Morgan fingerprint density at radius 3 is 2.30 bits per heavy atom. The number of aryl methyl sites for hydroxylation is 1. The number of ketones is 1. The number of Topliss-reactive ketones (excluding diaryl/α,β-unsaturated/α-hetero) is 1. The Morgan fingerprint density at radius 2 is 1.63 bits per heavy atom. The topological polar surface area (TPSA) is 69.7 Å². The van der Waals surface area contributed by atoms with Crippen LogP contribution in [0.2, 0.25) is 0 Å². The van der Waals surface area contributed by atoms with Gasteiger partial charge in [-0.1, -0.05) is 42.5 Å². The summed E-state index contributed by atoms with van der Waals surface area (Å²) in [6, 6.07) is 16.6. The second-order valence-corrected chi connectivity index (χ2v) is 6.58. The molecule has 2 aromatic carbocycles. The van der Waals surface area contributed by atoms with Gasteiger partial charge in [0.15, 0.2) is 0 Å². The van der Waals surface area contributed by atoms with E-state index >= 15 is 0 Å². The van der Waals surface area contributed by atoms with Gasteiger partial charge in [-0.15, -0.1) is 0 Å². The van der Waals surface area contributed by atoms with Crippen molar-refractivity contribution >= 4 is 23.3 Å². The van der Waals surface area contributed by atoms with Crippen LogP contribution in [0.5, 0.6) is 0 Å². The maximum Gasteiger partial charge on any atom is 0.292 e. The van der Waals surface area contributed by atoms with Gasteiger partial charge in [0.1, 0.15) is 0 Å². The van der Waals surface area contributed by atoms with Gasteiger partial charge in [-0.05, 0) is 24.6 Å². The predicted molar refractivity (Wildman–Crippen MR) is 104 cm³/mol. The lowest BCUT2D eigenvalue weighted by Crippen LogP contribution is -2.51. The molecule has 0 atom stereocenters. The molecule has 1 saturated heterocycles. The molecule has 27 heavy (non-hydrogen) atoms. The van der Waals surface area contributed by atoms with E-state index in [1.165, 1.54) is 5.56 Å². The molecule has 0 radical (unpaired) electrons. The van der Waals surface area contributed by atoms with Crippen molar-refractivity contribution in [3.8, 4) is 0 Å². The first-order chi connectivity index (χ1) is 13.0. The van der Waals surface area contributed by atoms with Crippen molar-refractivity contribution < 1.29 is 14.4 Å². The first kappa shape index (κ1) is 18.6. The Bertz CT molecular complexity index is 828. The van der Waals surface area contributed by atoms with E-state index in [-0.39, 0.29) is 12.5 Å². The zero-order chi connectivity index (χ0) is 19.2. The van der Waals surface area contributed by atoms with E-state index in [4.69, 9.17) is 0 Å². The quantitative estimate of drug-likeness (QED) is 0.646. The Morgan fingerprint density at radius 1 is 0.926 bits per heavy atom. The van der Waals surface area contributed by atoms with Crippen LogP contribution in [0.25, 0.3) is 0 Å². The fraction of sp³-hybridized carbons (Fsp3) is 0.286. The standard InChI is InChI=1S/C21H23N3O3/c1-16-6-5-9-18(14-16)23-10-12-24(13-11-23)19(25)15-22-21(27)20(26)17-7-3-2-4-8-17/h2-9,14H,10-13,15H2,1H3,(H,22,27). The molecular weight excluding hydrogens is 342 g/mol. The van der Waals surface area contributed by atoms with E-state index in [2.05, 4.69) is 35.3 Å². The van der Waals surface area contributed by atoms with Gasteiger partial charge in [-0.3, -0.25) is 14.4 Å². The minimum atomic E-state index is -0.757. The molecular formula is C21H23N3O3. The monoisotopic (exact) mass is 365 g/mol. The zero-order valence-electron chi connectivity index (χ0n) is 15.4. The Kier molecular flexibility index (Phi) is 5.86. The van der Waals surface area contributed by atoms with Crippen LogP contribution in [0.15, 0.2) is 54.6 Å². The lowest BCUT2D eigenvalue weighted by Gasteiger charge is -2.36. The average molecular weight is 365 g/mol. The third kappa shape index (κ3) is 4.73. The Hall–Kier alpha value is -3.15. The van der Waals surface area contributed by atoms with Crippen molar-refractivity contribution in [2.75, 3.05) is 37.6 Å². The summed E-state index contributed by atoms with van der Waals surface area (Å²) < 4.78 is 0. The van der Waals surface area contributed by atoms with E-state index in [9.17, 15) is 14.4 Å². The Balaban J connectivity index is 1.47. The van der Waals surface area contributed by atoms with Crippen LogP contribution in [0, 0.1) is 6.92 Å². The van der Waals surface area contributed by atoms with Gasteiger partial charge in [0, 0.05) is 37.4 Å². The number of hydrogen-bond donors (Lipinski definition) is 1. The van der Waals surface area contributed by atoms with Crippen LogP contribution < -0.4 is 10.2 Å². The molecule has 2 aromatic rings. The fourth-order valence-electron chi connectivity index (χ4n) is 3.11. The van der Waals surface area contributed by atoms with Crippen molar-refractivity contribution in [3.63, 3.8) is 0 Å². The molecule has 1 heterocycles. The van der Waals surface area contributed by atoms with Crippen molar-refractivity contribution in [3.05, 3.63) is 65.7 Å². The molecule has 1 N–H and O–H groups in total. The first-order valence-electron chi connectivity index (χ1n) is 9.01. The van der Waals surface area contributed by atoms with Crippen LogP contribution in [0.3, 0.4) is 0 Å². The minimum absolute atomic E-state index is 0.165. The summed E-state index contributed by atoms with van der Waals surface area (Å²) in [6.07, 6.45) is 0. The van der Waals surface area contributed by atoms with Crippen molar-refractivity contribution in [1.82, 2.24) is 10.2 Å². The molecule has 6 nitrogen and oxygen atoms in total. The lowest BCUT2D eigenvalue weighted by molar-refractivity contribution is -0.132. The van der Waals surface area contributed by atoms with Gasteiger partial charge in [0.05, 0.1) is 6.54 Å². The number of amides is 2. The largest absolute Gasteiger partial charge is 0.368 e. The summed E-state index contributed by atoms with van der Waals surface area (Å²) in [5, 5.41) is 2.44. The number of rotatable bonds is 5. The third-order valence-electron chi connectivity index (χ3n) is 4.64. The van der Waals surface area contributed by atoms with Crippen molar-refractivity contribution in [1.29, 1.82) is 0 Å². The molecule has 1 fully saturated rings. The highest BCUT2D eigenvalue weighted by molar-refractivity contribution is 6.43. The molecule has 0 unspecified atom stereocenters. The van der Waals surface area contributed by atoms with Crippen LogP contribution in [0.1, 0.15) is 15.9 Å². The molecule has 3 rings (SSSR count). The molecule has 2 amide bonds. The predicted octanol–water partition coefficient (Wildman–Crippen LogP) is 1.64. The molecule has 0 spiro atoms. The number of carbonyl (C=O) groups is 3. The van der Waals surface area contributed by atoms with Crippen LogP contribution >= 0.6 is 0 Å². The number of benzene rings is 2. The summed E-state index contributed by atoms with van der Waals surface area (Å²) in [5.41, 5.74) is 2.68. The first-order valence-corrected chi connectivity index (χ1v) is 9.01. The molecule has 140 valence electrons. The summed E-state index contributed by atoms with van der Waals surface area (Å²) in [6.45, 7) is 4.56. The maximum absolute atomic E-state index is 12.3. The number of nitrogens with one attached hydrogen (secondary N) is 1. The minimum Gasteiger partial charge on any atom is -0.368 e. The number of piperazine rings is 1. The van der Waals surface area contributed by atoms with Gasteiger partial charge in [-0.2, -0.15) is 0 Å². The van der Waals surface area contributed by atoms with Crippen LogP contribution in [0.4, 0.5) is 5.69 Å². The number of hydrogen-bond acceptors (Lipinski definition) is 4. The van der Waals surface area contributed by atoms with E-state index < -0.39 is 11.7 Å². The lowest BCUT2D eigenvalue weighted by atomic mass is 10.1. The molecule has 0 aliphatic carbocycles. The number of anilines is 1. The average Bonchev–Trinajstić information content (AvgIpc) is 2.72. The maximum atomic E-state index is 12.3. The van der Waals surface area contributed by atoms with E-state index in [1.54, 1.807) is 35.2 Å². The van der Waals surface area contributed by atoms with Gasteiger partial charge < -0.3 is 15.1 Å². The molecule has 0 bridgehead atoms. The number of nitrogens with zero attached hydrogens (tertiary/aromatic N) is 2. The summed E-state index contributed by atoms with van der Waals surface area (Å²) in [7, 11) is 0. The Labute approximate surface area is 158 Å². The molecule has 1 aliphatic heterocycles. The van der Waals surface area contributed by atoms with Gasteiger partial charge in [-0.25, -0.2) is 0 Å². The van der Waals surface area contributed by atoms with E-state index in [1.807, 2.05) is 6.07 Å². The van der Waals surface area contributed by atoms with Gasteiger partial charge in [0.25, 0.3) is 5.91 Å². The fourth-order valence-corrected chi connectivity index (χ4v) is 3.11. The third-order valence-corrected chi connectivity index (χ3v) is 4.64. The second-order valence-electron chi connectivity index (χ2n) is 6.58. The van der Waals surface area contributed by atoms with Crippen LogP contribution in [-0.2, 0) is 9.59 Å². The second kappa shape index (κ2) is 8.49. The van der Waals surface area contributed by atoms with Gasteiger partial charge in [0.2, 0.25) is 11.7 Å². The zero-order valence-corrected chi connectivity index (χ0v) is 15.4. The van der Waals surface area contributed by atoms with Crippen LogP contribution in [-0.4, -0.2) is 55.2 Å². The SMILES string of the molecule is Cc1cccc(N2CCN(C(=O)CNC(=O)C(=O)c3ccccc3)CC2)c1. The molecule has 6 heteroatoms. The summed E-state index contributed by atoms with van der Waals surface area (Å²) in [4.78, 5) is 40.3. The summed E-state index contributed by atoms with van der Waals surface area (Å²) >= 11 is 0.